The van der Waals surface area contributed by atoms with Gasteiger partial charge in [-0.05, 0) is 66.3 Å². The maximum Gasteiger partial charge on any atom is 0.253 e. The number of hydrogen-bond donors (Lipinski definition) is 0. The number of rotatable bonds is 4. The zero-order valence-corrected chi connectivity index (χ0v) is 17.7. The van der Waals surface area contributed by atoms with Crippen molar-refractivity contribution < 1.29 is 13.6 Å². The van der Waals surface area contributed by atoms with Gasteiger partial charge in [0.05, 0.1) is 0 Å². The van der Waals surface area contributed by atoms with Crippen LogP contribution in [0.25, 0.3) is 10.9 Å². The molecule has 5 heteroatoms. The predicted octanol–water partition coefficient (Wildman–Crippen LogP) is 5.99. The van der Waals surface area contributed by atoms with Crippen LogP contribution < -0.4 is 0 Å². The number of likely N-dealkylation sites (tertiary alicyclic amines) is 1. The van der Waals surface area contributed by atoms with Crippen LogP contribution in [0.4, 0.5) is 8.78 Å². The van der Waals surface area contributed by atoms with Crippen LogP contribution in [-0.2, 0) is 6.54 Å². The van der Waals surface area contributed by atoms with Gasteiger partial charge in [0.15, 0.2) is 0 Å². The minimum atomic E-state index is -0.389. The molecule has 32 heavy (non-hydrogen) atoms. The van der Waals surface area contributed by atoms with Gasteiger partial charge in [-0.3, -0.25) is 4.79 Å². The third kappa shape index (κ3) is 4.03. The minimum absolute atomic E-state index is 0.110. The molecule has 0 saturated carbocycles. The van der Waals surface area contributed by atoms with E-state index in [4.69, 9.17) is 0 Å². The van der Waals surface area contributed by atoms with E-state index in [1.54, 1.807) is 12.1 Å². The average Bonchev–Trinajstić information content (AvgIpc) is 3.19. The van der Waals surface area contributed by atoms with E-state index < -0.39 is 0 Å². The van der Waals surface area contributed by atoms with Crippen LogP contribution in [0, 0.1) is 11.6 Å². The summed E-state index contributed by atoms with van der Waals surface area (Å²) in [4.78, 5) is 14.6. The Bertz CT molecular complexity index is 1250. The van der Waals surface area contributed by atoms with E-state index >= 15 is 0 Å². The number of nitrogens with zero attached hydrogens (tertiary/aromatic N) is 2. The Kier molecular flexibility index (Phi) is 5.48. The molecule has 162 valence electrons. The Morgan fingerprint density at radius 2 is 1.62 bits per heavy atom. The molecule has 1 fully saturated rings. The number of carbonyl (C=O) groups excluding carboxylic acids is 1. The summed E-state index contributed by atoms with van der Waals surface area (Å²) >= 11 is 0. The van der Waals surface area contributed by atoms with Gasteiger partial charge in [0, 0.05) is 42.3 Å². The molecule has 0 radical (unpaired) electrons. The van der Waals surface area contributed by atoms with E-state index in [0.717, 1.165) is 23.9 Å². The maximum absolute atomic E-state index is 13.5. The molecule has 0 atom stereocenters. The summed E-state index contributed by atoms with van der Waals surface area (Å²) in [6.45, 7) is 1.98. The largest absolute Gasteiger partial charge is 0.343 e. The first-order valence-corrected chi connectivity index (χ1v) is 11.0. The molecule has 4 aromatic rings. The SMILES string of the molecule is O=C(c1cccc(F)c1)N1CCC(c2cn(Cc3ccc(F)cc3)c3ccccc23)CC1. The first-order chi connectivity index (χ1) is 15.6. The molecule has 0 bridgehead atoms. The Labute approximate surface area is 185 Å². The Hall–Kier alpha value is -3.47. The summed E-state index contributed by atoms with van der Waals surface area (Å²) in [6.07, 6.45) is 3.94. The third-order valence-corrected chi connectivity index (χ3v) is 6.38. The number of hydrogen-bond acceptors (Lipinski definition) is 1. The summed E-state index contributed by atoms with van der Waals surface area (Å²) in [7, 11) is 0. The lowest BCUT2D eigenvalue weighted by Crippen LogP contribution is -2.37. The van der Waals surface area contributed by atoms with Gasteiger partial charge in [-0.1, -0.05) is 36.4 Å². The highest BCUT2D eigenvalue weighted by atomic mass is 19.1. The highest BCUT2D eigenvalue weighted by Crippen LogP contribution is 2.35. The van der Waals surface area contributed by atoms with Gasteiger partial charge in [0.25, 0.3) is 5.91 Å². The number of benzene rings is 3. The van der Waals surface area contributed by atoms with Gasteiger partial charge in [0.1, 0.15) is 11.6 Å². The van der Waals surface area contributed by atoms with Crippen LogP contribution in [0.3, 0.4) is 0 Å². The van der Waals surface area contributed by atoms with Gasteiger partial charge < -0.3 is 9.47 Å². The average molecular weight is 430 g/mol. The number of piperidine rings is 1. The lowest BCUT2D eigenvalue weighted by molar-refractivity contribution is 0.0713. The van der Waals surface area contributed by atoms with Crippen LogP contribution in [0.15, 0.2) is 79.0 Å². The van der Waals surface area contributed by atoms with Crippen LogP contribution in [0.1, 0.15) is 40.2 Å². The summed E-state index contributed by atoms with van der Waals surface area (Å²) in [5, 5.41) is 1.23. The van der Waals surface area contributed by atoms with Gasteiger partial charge in [0.2, 0.25) is 0 Å². The van der Waals surface area contributed by atoms with E-state index in [0.29, 0.717) is 31.1 Å². The van der Waals surface area contributed by atoms with Crippen molar-refractivity contribution in [2.75, 3.05) is 13.1 Å². The summed E-state index contributed by atoms with van der Waals surface area (Å²) in [5.41, 5.74) is 3.90. The zero-order valence-electron chi connectivity index (χ0n) is 17.7. The molecular formula is C27H24F2N2O. The van der Waals surface area contributed by atoms with E-state index in [-0.39, 0.29) is 17.5 Å². The van der Waals surface area contributed by atoms with Crippen molar-refractivity contribution in [3.8, 4) is 0 Å². The molecule has 1 aliphatic rings. The second kappa shape index (κ2) is 8.58. The lowest BCUT2D eigenvalue weighted by atomic mass is 9.89. The maximum atomic E-state index is 13.5. The molecule has 2 heterocycles. The molecule has 1 saturated heterocycles. The number of halogens is 2. The monoisotopic (exact) mass is 430 g/mol. The molecule has 3 aromatic carbocycles. The van der Waals surface area contributed by atoms with Crippen molar-refractivity contribution in [1.29, 1.82) is 0 Å². The molecule has 1 aliphatic heterocycles. The molecule has 0 N–H and O–H groups in total. The predicted molar refractivity (Wildman–Crippen MR) is 122 cm³/mol. The quantitative estimate of drug-likeness (QED) is 0.391. The highest BCUT2D eigenvalue weighted by Gasteiger charge is 2.27. The van der Waals surface area contributed by atoms with Crippen molar-refractivity contribution >= 4 is 16.8 Å². The Morgan fingerprint density at radius 3 is 2.38 bits per heavy atom. The van der Waals surface area contributed by atoms with Gasteiger partial charge in [-0.25, -0.2) is 8.78 Å². The number of para-hydroxylation sites is 1. The summed E-state index contributed by atoms with van der Waals surface area (Å²) < 4.78 is 29.0. The van der Waals surface area contributed by atoms with Crippen molar-refractivity contribution in [2.24, 2.45) is 0 Å². The van der Waals surface area contributed by atoms with Gasteiger partial charge in [-0.2, -0.15) is 0 Å². The van der Waals surface area contributed by atoms with Crippen molar-refractivity contribution in [2.45, 2.75) is 25.3 Å². The standard InChI is InChI=1S/C27H24F2N2O/c28-22-10-8-19(9-11-22)17-31-18-25(24-6-1-2-7-26(24)31)20-12-14-30(15-13-20)27(32)21-4-3-5-23(29)16-21/h1-11,16,18,20H,12-15,17H2. The Morgan fingerprint density at radius 1 is 0.875 bits per heavy atom. The first kappa shape index (κ1) is 20.4. The summed E-state index contributed by atoms with van der Waals surface area (Å²) in [6, 6.07) is 20.9. The first-order valence-electron chi connectivity index (χ1n) is 11.0. The van der Waals surface area contributed by atoms with E-state index in [9.17, 15) is 13.6 Å². The fraction of sp³-hybridized carbons (Fsp3) is 0.222. The molecule has 0 spiro atoms. The van der Waals surface area contributed by atoms with Crippen molar-refractivity contribution in [3.05, 3.63) is 107 Å². The third-order valence-electron chi connectivity index (χ3n) is 6.38. The fourth-order valence-electron chi connectivity index (χ4n) is 4.72. The number of fused-ring (bicyclic) bond motifs is 1. The normalized spacial score (nSPS) is 14.8. The second-order valence-corrected chi connectivity index (χ2v) is 8.43. The molecule has 0 aliphatic carbocycles. The van der Waals surface area contributed by atoms with Gasteiger partial charge in [-0.15, -0.1) is 0 Å². The molecular weight excluding hydrogens is 406 g/mol. The molecule has 3 nitrogen and oxygen atoms in total. The van der Waals surface area contributed by atoms with Crippen LogP contribution >= 0.6 is 0 Å². The second-order valence-electron chi connectivity index (χ2n) is 8.43. The molecule has 5 rings (SSSR count). The molecule has 1 amide bonds. The fourth-order valence-corrected chi connectivity index (χ4v) is 4.72. The number of aromatic nitrogens is 1. The van der Waals surface area contributed by atoms with E-state index in [1.807, 2.05) is 23.1 Å². The lowest BCUT2D eigenvalue weighted by Gasteiger charge is -2.32. The molecule has 0 unspecified atom stereocenters. The minimum Gasteiger partial charge on any atom is -0.343 e. The van der Waals surface area contributed by atoms with Crippen molar-refractivity contribution in [3.63, 3.8) is 0 Å². The highest BCUT2D eigenvalue weighted by molar-refractivity contribution is 5.94. The van der Waals surface area contributed by atoms with Crippen LogP contribution in [-0.4, -0.2) is 28.5 Å². The van der Waals surface area contributed by atoms with Crippen LogP contribution in [0.2, 0.25) is 0 Å². The molecule has 1 aromatic heterocycles. The van der Waals surface area contributed by atoms with E-state index in [2.05, 4.69) is 29.0 Å². The smallest absolute Gasteiger partial charge is 0.253 e. The van der Waals surface area contributed by atoms with Crippen molar-refractivity contribution in [1.82, 2.24) is 9.47 Å². The van der Waals surface area contributed by atoms with Gasteiger partial charge >= 0.3 is 0 Å². The topological polar surface area (TPSA) is 25.2 Å². The number of amides is 1. The number of carbonyl (C=O) groups is 1. The zero-order chi connectivity index (χ0) is 22.1. The van der Waals surface area contributed by atoms with E-state index in [1.165, 1.54) is 35.2 Å². The summed E-state index contributed by atoms with van der Waals surface area (Å²) in [5.74, 6) is -0.376. The Balaban J connectivity index is 1.35. The van der Waals surface area contributed by atoms with Crippen LogP contribution in [0.5, 0.6) is 0 Å².